The van der Waals surface area contributed by atoms with E-state index >= 15 is 0 Å². The summed E-state index contributed by atoms with van der Waals surface area (Å²) < 4.78 is 0. The van der Waals surface area contributed by atoms with Crippen molar-refractivity contribution >= 4 is 11.9 Å². The normalized spacial score (nSPS) is 7.11. The van der Waals surface area contributed by atoms with Crippen LogP contribution in [-0.4, -0.2) is 38.1 Å². The third-order valence-electron chi connectivity index (χ3n) is 0.874. The van der Waals surface area contributed by atoms with Crippen LogP contribution in [0.15, 0.2) is 0 Å². The van der Waals surface area contributed by atoms with Gasteiger partial charge < -0.3 is 55.1 Å². The topological polar surface area (TPSA) is 175 Å². The summed E-state index contributed by atoms with van der Waals surface area (Å²) in [6, 6.07) is 0. The zero-order valence-electron chi connectivity index (χ0n) is 9.59. The molecule has 0 aromatic heterocycles. The fraction of sp³-hybridized carbons (Fsp3) is 0.750. The summed E-state index contributed by atoms with van der Waals surface area (Å²) in [4.78, 5) is 17.9. The molecule has 0 rings (SSSR count). The van der Waals surface area contributed by atoms with Crippen molar-refractivity contribution < 1.29 is 49.0 Å². The van der Waals surface area contributed by atoms with Crippen LogP contribution in [0.3, 0.4) is 0 Å². The Morgan fingerprint density at radius 3 is 0.889 bits per heavy atom. The Labute approximate surface area is 123 Å². The van der Waals surface area contributed by atoms with E-state index in [1.165, 1.54) is 0 Å². The van der Waals surface area contributed by atoms with Crippen molar-refractivity contribution in [2.24, 2.45) is 0 Å². The molecule has 0 saturated carbocycles. The largest absolute Gasteiger partial charge is 3.00 e. The molecule has 8 nitrogen and oxygen atoms in total. The van der Waals surface area contributed by atoms with E-state index in [-0.39, 0.29) is 29.2 Å². The minimum Gasteiger partial charge on any atom is -1.00 e. The summed E-state index contributed by atoms with van der Waals surface area (Å²) in [7, 11) is 0. The van der Waals surface area contributed by atoms with Crippen LogP contribution < -0.4 is 22.6 Å². The number of rotatable bonds is 4. The van der Waals surface area contributed by atoms with Crippen molar-refractivity contribution in [2.45, 2.75) is 12.8 Å². The van der Waals surface area contributed by atoms with Gasteiger partial charge in [-0.1, -0.05) is 12.8 Å². The van der Waals surface area contributed by atoms with E-state index in [2.05, 4.69) is 0 Å². The summed E-state index contributed by atoms with van der Waals surface area (Å²) >= 11 is 0. The van der Waals surface area contributed by atoms with Gasteiger partial charge in [0.15, 0.2) is 0 Å². The van der Waals surface area contributed by atoms with Crippen molar-refractivity contribution in [3.63, 3.8) is 0 Å². The fourth-order valence-electron chi connectivity index (χ4n) is 0.177. The Kier molecular flexibility index (Phi) is 50.9. The number of carboxylic acid groups (broad SMARTS) is 2. The second-order valence-corrected chi connectivity index (χ2v) is 2.28. The molecular weight excluding hydrogens is 310 g/mol. The number of hydrogen-bond acceptors (Lipinski definition) is 4. The van der Waals surface area contributed by atoms with Crippen LogP contribution in [0.1, 0.15) is 12.8 Å². The van der Waals surface area contributed by atoms with Crippen LogP contribution in [0.2, 0.25) is 0 Å². The third kappa shape index (κ3) is 57.7. The van der Waals surface area contributed by atoms with Gasteiger partial charge in [-0.05, 0) is 0 Å². The first-order valence-corrected chi connectivity index (χ1v) is 4.48. The van der Waals surface area contributed by atoms with Crippen LogP contribution in [-0.2, 0) is 26.4 Å². The van der Waals surface area contributed by atoms with Gasteiger partial charge in [0.25, 0.3) is 0 Å². The molecule has 0 amide bonds. The molecule has 0 aliphatic rings. The molecule has 0 bridgehead atoms. The Morgan fingerprint density at radius 2 is 0.889 bits per heavy atom. The average molecular weight is 327 g/mol. The fourth-order valence-corrected chi connectivity index (χ4v) is 0.177. The zero-order valence-corrected chi connectivity index (χ0v) is 11.4. The van der Waals surface area contributed by atoms with Crippen LogP contribution in [0, 0.1) is 0 Å². The van der Waals surface area contributed by atoms with Gasteiger partial charge in [0, 0.05) is 0 Å². The van der Waals surface area contributed by atoms with Crippen molar-refractivity contribution in [2.75, 3.05) is 26.2 Å². The molecule has 112 valence electrons. The van der Waals surface area contributed by atoms with E-state index in [0.717, 1.165) is 12.8 Å². The summed E-state index contributed by atoms with van der Waals surface area (Å²) in [5.74, 6) is -4.37. The summed E-state index contributed by atoms with van der Waals surface area (Å²) in [5, 5.41) is 17.9. The molecule has 0 atom stereocenters. The van der Waals surface area contributed by atoms with Gasteiger partial charge in [-0.15, -0.1) is 0 Å². The zero-order chi connectivity index (χ0) is 13.4. The third-order valence-corrected chi connectivity index (χ3v) is 0.874. The molecule has 0 aromatic carbocycles. The molecule has 0 fully saturated rings. The second kappa shape index (κ2) is 30.0. The molecule has 0 aliphatic heterocycles. The molecule has 0 heterocycles. The van der Waals surface area contributed by atoms with Crippen molar-refractivity contribution in [3.8, 4) is 0 Å². The predicted octanol–water partition coefficient (Wildman–Crippen LogP) is -3.55. The van der Waals surface area contributed by atoms with E-state index in [9.17, 15) is 0 Å². The van der Waals surface area contributed by atoms with Crippen LogP contribution in [0.4, 0.5) is 0 Å². The van der Waals surface area contributed by atoms with Crippen LogP contribution >= 0.6 is 0 Å². The molecule has 0 spiro atoms. The van der Waals surface area contributed by atoms with Crippen LogP contribution in [0.5, 0.6) is 0 Å². The maximum absolute atomic E-state index is 8.93. The summed E-state index contributed by atoms with van der Waals surface area (Å²) in [6.07, 6.45) is 1.44. The van der Waals surface area contributed by atoms with Gasteiger partial charge in [-0.3, -0.25) is 0 Å². The summed E-state index contributed by atoms with van der Waals surface area (Å²) in [5.41, 5.74) is 25.9. The smallest absolute Gasteiger partial charge is 1.00 e. The number of aliphatic carboxylic acids is 2. The number of carboxylic acids is 2. The van der Waals surface area contributed by atoms with Gasteiger partial charge in [0.2, 0.25) is 0 Å². The SMILES string of the molecule is O=C([O-])C(=O)[O-].[Cl-].[Co+3].[NH-]CCC[NH-].[NH-]CCC[NH-]. The molecule has 0 aromatic rings. The molecule has 4 N–H and O–H groups in total. The predicted molar refractivity (Wildman–Crippen MR) is 56.0 cm³/mol. The standard InChI is InChI=1S/2C3H8N2.C2H2O4.ClH.Co/c2*4-2-1-3-5;3-1(4)2(5)6;;/h2*4-5H,1-3H2;(H,3,4)(H,5,6);1H;/q2*-2;;;+3/p-3. The van der Waals surface area contributed by atoms with Crippen LogP contribution in [0.25, 0.3) is 22.9 Å². The first-order valence-electron chi connectivity index (χ1n) is 4.48. The number of carbonyl (C=O) groups excluding carboxylic acids is 2. The van der Waals surface area contributed by atoms with Crippen molar-refractivity contribution in [3.05, 3.63) is 22.9 Å². The minimum atomic E-state index is -2.19. The van der Waals surface area contributed by atoms with E-state index in [4.69, 9.17) is 42.7 Å². The van der Waals surface area contributed by atoms with E-state index in [1.54, 1.807) is 0 Å². The summed E-state index contributed by atoms with van der Waals surface area (Å²) in [6.45, 7) is 1.62. The Balaban J connectivity index is -0.0000000447. The molecular formula is C8H16ClCoN4O4-4. The number of hydrogen-bond donors (Lipinski definition) is 0. The first-order chi connectivity index (χ1) is 7.47. The number of nitrogens with one attached hydrogen (secondary N) is 4. The molecule has 18 heavy (non-hydrogen) atoms. The van der Waals surface area contributed by atoms with Gasteiger partial charge in [0.05, 0.1) is 11.9 Å². The second-order valence-electron chi connectivity index (χ2n) is 2.28. The van der Waals surface area contributed by atoms with E-state index < -0.39 is 11.9 Å². The average Bonchev–Trinajstić information content (AvgIpc) is 2.22. The molecule has 10 heteroatoms. The first kappa shape index (κ1) is 30.5. The van der Waals surface area contributed by atoms with Crippen molar-refractivity contribution in [1.29, 1.82) is 0 Å². The van der Waals surface area contributed by atoms with Gasteiger partial charge in [-0.2, -0.15) is 26.2 Å². The van der Waals surface area contributed by atoms with E-state index in [0.29, 0.717) is 26.2 Å². The van der Waals surface area contributed by atoms with Gasteiger partial charge >= 0.3 is 16.8 Å². The van der Waals surface area contributed by atoms with E-state index in [1.807, 2.05) is 0 Å². The minimum absolute atomic E-state index is 0. The number of carbonyl (C=O) groups is 2. The van der Waals surface area contributed by atoms with Gasteiger partial charge in [0.1, 0.15) is 0 Å². The Morgan fingerprint density at radius 1 is 0.722 bits per heavy atom. The maximum atomic E-state index is 8.93. The maximum Gasteiger partial charge on any atom is 3.00 e. The van der Waals surface area contributed by atoms with Gasteiger partial charge in [-0.25, -0.2) is 0 Å². The van der Waals surface area contributed by atoms with Crippen molar-refractivity contribution in [1.82, 2.24) is 0 Å². The molecule has 0 radical (unpaired) electrons. The molecule has 0 saturated heterocycles. The molecule has 0 aliphatic carbocycles. The Bertz CT molecular complexity index is 155. The monoisotopic (exact) mass is 326 g/mol. The molecule has 0 unspecified atom stereocenters. The Hall–Kier alpha value is -0.424. The quantitative estimate of drug-likeness (QED) is 0.486. The number of halogens is 1.